The van der Waals surface area contributed by atoms with E-state index in [0.717, 1.165) is 12.2 Å². The molecule has 0 aromatic rings. The Balaban J connectivity index is 3.07. The fourth-order valence-electron chi connectivity index (χ4n) is 2.34. The Bertz CT molecular complexity index is 159. The van der Waals surface area contributed by atoms with Crippen LogP contribution in [0, 0.1) is 0 Å². The number of aliphatic hydroxyl groups is 1. The van der Waals surface area contributed by atoms with E-state index in [4.69, 9.17) is 0 Å². The van der Waals surface area contributed by atoms with Gasteiger partial charge in [-0.15, -0.1) is 0 Å². The van der Waals surface area contributed by atoms with E-state index in [1.807, 2.05) is 0 Å². The van der Waals surface area contributed by atoms with Crippen LogP contribution in [0.3, 0.4) is 0 Å². The van der Waals surface area contributed by atoms with Gasteiger partial charge in [0, 0.05) is 0 Å². The summed E-state index contributed by atoms with van der Waals surface area (Å²) in [6.45, 7) is 2.27. The van der Waals surface area contributed by atoms with E-state index in [2.05, 4.69) is 19.4 Å². The predicted molar refractivity (Wildman–Crippen MR) is 86.5 cm³/mol. The van der Waals surface area contributed by atoms with Gasteiger partial charge in [0.1, 0.15) is 5.75 Å². The molecule has 0 bridgehead atoms. The Hall–Kier alpha value is 0.310. The second-order valence-electron chi connectivity index (χ2n) is 5.78. The van der Waals surface area contributed by atoms with Crippen molar-refractivity contribution in [3.05, 3.63) is 0 Å². The van der Waals surface area contributed by atoms with Crippen molar-refractivity contribution < 1.29 is 5.11 Å². The summed E-state index contributed by atoms with van der Waals surface area (Å²) in [5.41, 5.74) is 0. The topological polar surface area (TPSA) is 20.2 Å². The van der Waals surface area contributed by atoms with E-state index in [1.165, 1.54) is 64.2 Å². The number of aliphatic hydroxyl groups excluding tert-OH is 1. The zero-order chi connectivity index (χ0) is 13.6. The van der Waals surface area contributed by atoms with E-state index in [1.54, 1.807) is 0 Å². The molecular weight excluding hydrogens is 240 g/mol. The predicted octanol–water partition coefficient (Wildman–Crippen LogP) is 4.54. The molecule has 0 spiro atoms. The van der Waals surface area contributed by atoms with E-state index >= 15 is 0 Å². The van der Waals surface area contributed by atoms with Crippen LogP contribution in [0.2, 0.25) is 0 Å². The van der Waals surface area contributed by atoms with Crippen molar-refractivity contribution in [2.24, 2.45) is 0 Å². The van der Waals surface area contributed by atoms with Crippen LogP contribution in [0.25, 0.3) is 0 Å². The highest BCUT2D eigenvalue weighted by atomic mass is 32.2. The lowest BCUT2D eigenvalue weighted by Gasteiger charge is -2.07. The van der Waals surface area contributed by atoms with Gasteiger partial charge in [-0.3, -0.25) is 0 Å². The molecule has 0 saturated heterocycles. The first-order valence-corrected chi connectivity index (χ1v) is 10.1. The minimum atomic E-state index is -0.0441. The van der Waals surface area contributed by atoms with Crippen molar-refractivity contribution in [1.82, 2.24) is 0 Å². The van der Waals surface area contributed by atoms with Crippen LogP contribution < -0.4 is 0 Å². The summed E-state index contributed by atoms with van der Waals surface area (Å²) in [4.78, 5) is 0. The SMILES string of the molecule is CCCCCCCCCCCCC(O)C[S+](C)C. The first-order valence-electron chi connectivity index (χ1n) is 7.89. The lowest BCUT2D eigenvalue weighted by molar-refractivity contribution is 0.184. The molecule has 0 aliphatic rings. The minimum absolute atomic E-state index is 0.0441. The second-order valence-corrected chi connectivity index (χ2v) is 8.08. The lowest BCUT2D eigenvalue weighted by atomic mass is 10.1. The molecule has 0 aromatic carbocycles. The highest BCUT2D eigenvalue weighted by molar-refractivity contribution is 7.95. The molecule has 1 nitrogen and oxygen atoms in total. The maximum absolute atomic E-state index is 9.75. The van der Waals surface area contributed by atoms with Crippen molar-refractivity contribution in [2.75, 3.05) is 18.3 Å². The van der Waals surface area contributed by atoms with E-state index in [0.29, 0.717) is 10.9 Å². The average Bonchev–Trinajstić information content (AvgIpc) is 2.30. The van der Waals surface area contributed by atoms with E-state index in [9.17, 15) is 5.11 Å². The first kappa shape index (κ1) is 18.3. The van der Waals surface area contributed by atoms with Gasteiger partial charge in [0.25, 0.3) is 0 Å². The molecule has 0 fully saturated rings. The molecule has 0 amide bonds. The highest BCUT2D eigenvalue weighted by Gasteiger charge is 2.11. The third-order valence-corrected chi connectivity index (χ3v) is 4.47. The molecule has 0 heterocycles. The molecule has 0 rings (SSSR count). The molecule has 0 saturated carbocycles. The Morgan fingerprint density at radius 2 is 1.22 bits per heavy atom. The third kappa shape index (κ3) is 14.4. The van der Waals surface area contributed by atoms with Crippen LogP contribution in [-0.2, 0) is 10.9 Å². The number of unbranched alkanes of at least 4 members (excludes halogenated alkanes) is 9. The van der Waals surface area contributed by atoms with Gasteiger partial charge in [-0.25, -0.2) is 0 Å². The minimum Gasteiger partial charge on any atom is -0.388 e. The van der Waals surface area contributed by atoms with Gasteiger partial charge in [0.2, 0.25) is 0 Å². The summed E-state index contributed by atoms with van der Waals surface area (Å²) in [5.74, 6) is 0.997. The zero-order valence-electron chi connectivity index (χ0n) is 12.9. The third-order valence-electron chi connectivity index (χ3n) is 3.42. The van der Waals surface area contributed by atoms with Crippen LogP contribution in [0.5, 0.6) is 0 Å². The van der Waals surface area contributed by atoms with Crippen molar-refractivity contribution in [1.29, 1.82) is 0 Å². The van der Waals surface area contributed by atoms with Gasteiger partial charge >= 0.3 is 0 Å². The quantitative estimate of drug-likeness (QED) is 0.386. The molecule has 0 radical (unpaired) electrons. The fraction of sp³-hybridized carbons (Fsp3) is 1.00. The number of hydrogen-bond donors (Lipinski definition) is 1. The normalized spacial score (nSPS) is 13.2. The number of rotatable bonds is 13. The molecule has 1 N–H and O–H groups in total. The van der Waals surface area contributed by atoms with E-state index < -0.39 is 0 Å². The van der Waals surface area contributed by atoms with Crippen molar-refractivity contribution in [3.8, 4) is 0 Å². The van der Waals surface area contributed by atoms with Gasteiger partial charge in [-0.05, 0) is 17.3 Å². The molecule has 0 aliphatic heterocycles. The van der Waals surface area contributed by atoms with Gasteiger partial charge in [0.15, 0.2) is 0 Å². The van der Waals surface area contributed by atoms with Gasteiger partial charge in [-0.1, -0.05) is 71.1 Å². The summed E-state index contributed by atoms with van der Waals surface area (Å²) in [7, 11) is 0.390. The fourth-order valence-corrected chi connectivity index (χ4v) is 3.27. The molecule has 1 unspecified atom stereocenters. The largest absolute Gasteiger partial charge is 0.388 e. The molecule has 18 heavy (non-hydrogen) atoms. The highest BCUT2D eigenvalue weighted by Crippen LogP contribution is 2.12. The number of hydrogen-bond acceptors (Lipinski definition) is 1. The standard InChI is InChI=1S/C16H35OS/c1-4-5-6-7-8-9-10-11-12-13-14-16(17)15-18(2)3/h16-17H,4-15H2,1-3H3/q+1. The molecule has 0 aliphatic carbocycles. The van der Waals surface area contributed by atoms with Gasteiger partial charge in [0.05, 0.1) is 18.6 Å². The van der Waals surface area contributed by atoms with E-state index in [-0.39, 0.29) is 6.10 Å². The first-order chi connectivity index (χ1) is 8.66. The summed E-state index contributed by atoms with van der Waals surface area (Å²) in [5, 5.41) is 9.75. The molecule has 2 heteroatoms. The monoisotopic (exact) mass is 275 g/mol. The lowest BCUT2D eigenvalue weighted by Crippen LogP contribution is -2.18. The average molecular weight is 276 g/mol. The second kappa shape index (κ2) is 13.7. The Labute approximate surface area is 118 Å². The zero-order valence-corrected chi connectivity index (χ0v) is 13.7. The van der Waals surface area contributed by atoms with Crippen LogP contribution in [0.4, 0.5) is 0 Å². The molecule has 0 aromatic heterocycles. The Morgan fingerprint density at radius 3 is 1.67 bits per heavy atom. The Morgan fingerprint density at radius 1 is 0.778 bits per heavy atom. The van der Waals surface area contributed by atoms with Crippen LogP contribution >= 0.6 is 0 Å². The molecular formula is C16H35OS+. The van der Waals surface area contributed by atoms with Gasteiger partial charge < -0.3 is 5.11 Å². The maximum Gasteiger partial charge on any atom is 0.133 e. The van der Waals surface area contributed by atoms with Gasteiger partial charge in [-0.2, -0.15) is 0 Å². The summed E-state index contributed by atoms with van der Waals surface area (Å²) in [6.07, 6.45) is 19.1. The molecule has 1 atom stereocenters. The maximum atomic E-state index is 9.75. The molecule has 110 valence electrons. The van der Waals surface area contributed by atoms with Crippen LogP contribution in [-0.4, -0.2) is 29.5 Å². The van der Waals surface area contributed by atoms with Crippen LogP contribution in [0.1, 0.15) is 77.6 Å². The van der Waals surface area contributed by atoms with Crippen LogP contribution in [0.15, 0.2) is 0 Å². The smallest absolute Gasteiger partial charge is 0.133 e. The summed E-state index contributed by atoms with van der Waals surface area (Å²) < 4.78 is 0. The summed E-state index contributed by atoms with van der Waals surface area (Å²) in [6, 6.07) is 0. The van der Waals surface area contributed by atoms with Crippen molar-refractivity contribution >= 4 is 10.9 Å². The van der Waals surface area contributed by atoms with Crippen molar-refractivity contribution in [2.45, 2.75) is 83.7 Å². The Kier molecular flexibility index (Phi) is 14.0. The van der Waals surface area contributed by atoms with Crippen molar-refractivity contribution in [3.63, 3.8) is 0 Å². The summed E-state index contributed by atoms with van der Waals surface area (Å²) >= 11 is 0.